The van der Waals surface area contributed by atoms with Crippen LogP contribution in [0.2, 0.25) is 0 Å². The number of aromatic hydroxyl groups is 1. The number of phenols is 1. The summed E-state index contributed by atoms with van der Waals surface area (Å²) in [5.41, 5.74) is 0.412. The number of hydrogen-bond acceptors (Lipinski definition) is 6. The predicted octanol–water partition coefficient (Wildman–Crippen LogP) is 6.22. The molecule has 2 unspecified atom stereocenters. The maximum atomic E-state index is 13.1. The number of thiophene rings is 1. The van der Waals surface area contributed by atoms with Crippen LogP contribution in [0.15, 0.2) is 98.4 Å². The van der Waals surface area contributed by atoms with Gasteiger partial charge in [-0.05, 0) is 24.3 Å². The Hall–Kier alpha value is -3.07. The Kier molecular flexibility index (Phi) is 5.74. The number of hydrogen-bond donors (Lipinski definition) is 2. The van der Waals surface area contributed by atoms with E-state index in [-0.39, 0.29) is 21.9 Å². The minimum Gasteiger partial charge on any atom is -0.506 e. The van der Waals surface area contributed by atoms with Crippen molar-refractivity contribution in [2.45, 2.75) is 15.1 Å². The van der Waals surface area contributed by atoms with Crippen LogP contribution in [0.4, 0.5) is 5.69 Å². The molecule has 0 radical (unpaired) electrons. The van der Waals surface area contributed by atoms with Crippen molar-refractivity contribution in [1.29, 1.82) is 0 Å². The van der Waals surface area contributed by atoms with Gasteiger partial charge in [-0.25, -0.2) is 8.42 Å². The fourth-order valence-corrected chi connectivity index (χ4v) is 7.21. The number of nitrogens with zero attached hydrogens (tertiary/aromatic N) is 1. The smallest absolute Gasteiger partial charge is 0.271 e. The van der Waals surface area contributed by atoms with Gasteiger partial charge in [0.25, 0.3) is 10.0 Å². The summed E-state index contributed by atoms with van der Waals surface area (Å²) in [7, 11) is -3.80. The molecule has 166 valence electrons. The lowest BCUT2D eigenvalue weighted by molar-refractivity contribution is 0.469. The monoisotopic (exact) mass is 492 g/mol. The molecular formula is C25H20N2O3S3. The molecule has 0 spiro atoms. The van der Waals surface area contributed by atoms with E-state index in [4.69, 9.17) is 0 Å². The van der Waals surface area contributed by atoms with Crippen LogP contribution in [0.5, 0.6) is 5.75 Å². The molecule has 1 aliphatic carbocycles. The molecule has 0 bridgehead atoms. The Balaban J connectivity index is 1.56. The highest BCUT2D eigenvalue weighted by molar-refractivity contribution is 8.03. The first kappa shape index (κ1) is 21.8. The summed E-state index contributed by atoms with van der Waals surface area (Å²) in [5.74, 6) is 0.284. The normalized spacial score (nSPS) is 19.3. The van der Waals surface area contributed by atoms with Gasteiger partial charge in [0, 0.05) is 32.7 Å². The molecule has 0 saturated heterocycles. The van der Waals surface area contributed by atoms with E-state index in [0.717, 1.165) is 21.1 Å². The van der Waals surface area contributed by atoms with Gasteiger partial charge in [-0.2, -0.15) is 0 Å². The molecule has 2 heterocycles. The largest absolute Gasteiger partial charge is 0.506 e. The molecule has 2 atom stereocenters. The topological polar surface area (TPSA) is 78.8 Å². The lowest BCUT2D eigenvalue weighted by Gasteiger charge is -2.26. The third kappa shape index (κ3) is 4.17. The van der Waals surface area contributed by atoms with Crippen molar-refractivity contribution in [3.63, 3.8) is 0 Å². The van der Waals surface area contributed by atoms with E-state index in [2.05, 4.69) is 28.4 Å². The van der Waals surface area contributed by atoms with Crippen molar-refractivity contribution in [3.8, 4) is 5.75 Å². The van der Waals surface area contributed by atoms with Crippen LogP contribution in [-0.4, -0.2) is 25.8 Å². The van der Waals surface area contributed by atoms with Crippen molar-refractivity contribution in [1.82, 2.24) is 0 Å². The minimum absolute atomic E-state index is 0.0561. The number of phenolic OH excluding ortho intramolecular Hbond substituents is 1. The first-order valence-corrected chi connectivity index (χ1v) is 13.3. The predicted molar refractivity (Wildman–Crippen MR) is 139 cm³/mol. The van der Waals surface area contributed by atoms with Crippen LogP contribution in [0, 0.1) is 5.92 Å². The number of benzene rings is 2. The van der Waals surface area contributed by atoms with Crippen LogP contribution < -0.4 is 4.72 Å². The van der Waals surface area contributed by atoms with Crippen LogP contribution in [0.1, 0.15) is 4.88 Å². The molecule has 2 N–H and O–H groups in total. The van der Waals surface area contributed by atoms with Crippen molar-refractivity contribution in [3.05, 3.63) is 89.2 Å². The summed E-state index contributed by atoms with van der Waals surface area (Å²) in [4.78, 5) is 6.92. The highest BCUT2D eigenvalue weighted by atomic mass is 32.2. The maximum Gasteiger partial charge on any atom is 0.271 e. The summed E-state index contributed by atoms with van der Waals surface area (Å²) in [6, 6.07) is 12.1. The molecule has 0 amide bonds. The third-order valence-corrected chi connectivity index (χ3v) is 9.52. The molecule has 5 rings (SSSR count). The SMILES string of the molecule is C=Cc1ccc(S(=O)(=O)Nc2cc(SC3=CC=CC4C=CC=NC34)c(O)c3ccccc23)s1. The molecule has 2 aromatic carbocycles. The van der Waals surface area contributed by atoms with Crippen LogP contribution in [0.25, 0.3) is 16.8 Å². The minimum atomic E-state index is -3.80. The van der Waals surface area contributed by atoms with Crippen LogP contribution >= 0.6 is 23.1 Å². The lowest BCUT2D eigenvalue weighted by atomic mass is 9.93. The molecule has 8 heteroatoms. The van der Waals surface area contributed by atoms with Crippen LogP contribution in [0.3, 0.4) is 0 Å². The number of anilines is 1. The molecule has 1 aliphatic heterocycles. The molecule has 5 nitrogen and oxygen atoms in total. The average Bonchev–Trinajstić information content (AvgIpc) is 3.33. The van der Waals surface area contributed by atoms with Crippen molar-refractivity contribution >= 4 is 61.9 Å². The van der Waals surface area contributed by atoms with Crippen LogP contribution in [-0.2, 0) is 10.0 Å². The van der Waals surface area contributed by atoms with E-state index in [1.54, 1.807) is 42.6 Å². The molecule has 3 aromatic rings. The second-order valence-corrected chi connectivity index (χ2v) is 11.7. The Morgan fingerprint density at radius 1 is 1.12 bits per heavy atom. The Morgan fingerprint density at radius 3 is 2.70 bits per heavy atom. The van der Waals surface area contributed by atoms with Crippen molar-refractivity contribution in [2.24, 2.45) is 10.9 Å². The zero-order valence-corrected chi connectivity index (χ0v) is 19.8. The number of sulfonamides is 1. The second kappa shape index (κ2) is 8.70. The summed E-state index contributed by atoms with van der Waals surface area (Å²) in [6.45, 7) is 3.70. The maximum absolute atomic E-state index is 13.1. The van der Waals surface area contributed by atoms with Crippen molar-refractivity contribution in [2.75, 3.05) is 4.72 Å². The summed E-state index contributed by atoms with van der Waals surface area (Å²) in [6.07, 6.45) is 13.5. The van der Waals surface area contributed by atoms with E-state index in [1.807, 2.05) is 30.4 Å². The number of dihydropyridines is 1. The van der Waals surface area contributed by atoms with Gasteiger partial charge in [-0.3, -0.25) is 9.71 Å². The number of thioether (sulfide) groups is 1. The molecule has 33 heavy (non-hydrogen) atoms. The number of allylic oxidation sites excluding steroid dienone is 3. The van der Waals surface area contributed by atoms with E-state index in [9.17, 15) is 13.5 Å². The zero-order chi connectivity index (χ0) is 23.0. The number of nitrogens with one attached hydrogen (secondary N) is 1. The first-order chi connectivity index (χ1) is 16.0. The fraction of sp³-hybridized carbons (Fsp3) is 0.0800. The van der Waals surface area contributed by atoms with Gasteiger partial charge in [0.1, 0.15) is 9.96 Å². The molecule has 1 aromatic heterocycles. The quantitative estimate of drug-likeness (QED) is 0.400. The molecular weight excluding hydrogens is 472 g/mol. The van der Waals surface area contributed by atoms with E-state index in [1.165, 1.54) is 11.8 Å². The average molecular weight is 493 g/mol. The highest BCUT2D eigenvalue weighted by Gasteiger charge is 2.26. The number of aliphatic imine (C=N–C) groups is 1. The van der Waals surface area contributed by atoms with Gasteiger partial charge in [-0.1, -0.05) is 73.0 Å². The van der Waals surface area contributed by atoms with Gasteiger partial charge in [0.15, 0.2) is 0 Å². The molecule has 0 saturated carbocycles. The fourth-order valence-electron chi connectivity index (χ4n) is 3.84. The highest BCUT2D eigenvalue weighted by Crippen LogP contribution is 2.45. The number of fused-ring (bicyclic) bond motifs is 2. The molecule has 2 aliphatic rings. The van der Waals surface area contributed by atoms with Gasteiger partial charge in [0.2, 0.25) is 0 Å². The van der Waals surface area contributed by atoms with Crippen molar-refractivity contribution < 1.29 is 13.5 Å². The van der Waals surface area contributed by atoms with Gasteiger partial charge in [-0.15, -0.1) is 11.3 Å². The summed E-state index contributed by atoms with van der Waals surface area (Å²) >= 11 is 2.55. The van der Waals surface area contributed by atoms with Gasteiger partial charge >= 0.3 is 0 Å². The molecule has 0 fully saturated rings. The standard InChI is InChI=1S/C25H20N2O3S3/c1-2-17-12-13-23(31-17)33(29,30)27-20-15-22(25(28)19-10-4-3-9-18(19)20)32-21-11-5-7-16-8-6-14-26-24(16)21/h2-16,24,27-28H,1H2. The Labute approximate surface area is 200 Å². The van der Waals surface area contributed by atoms with E-state index in [0.29, 0.717) is 21.4 Å². The van der Waals surface area contributed by atoms with E-state index < -0.39 is 10.0 Å². The first-order valence-electron chi connectivity index (χ1n) is 10.2. The Bertz CT molecular complexity index is 1480. The van der Waals surface area contributed by atoms with Gasteiger partial charge < -0.3 is 5.11 Å². The Morgan fingerprint density at radius 2 is 1.91 bits per heavy atom. The lowest BCUT2D eigenvalue weighted by Crippen LogP contribution is -2.21. The third-order valence-electron chi connectivity index (χ3n) is 5.44. The summed E-state index contributed by atoms with van der Waals surface area (Å²) in [5, 5.41) is 12.2. The van der Waals surface area contributed by atoms with Gasteiger partial charge in [0.05, 0.1) is 16.6 Å². The summed E-state index contributed by atoms with van der Waals surface area (Å²) < 4.78 is 29.1. The zero-order valence-electron chi connectivity index (χ0n) is 17.4. The van der Waals surface area contributed by atoms with E-state index >= 15 is 0 Å². The number of rotatable bonds is 6. The second-order valence-electron chi connectivity index (χ2n) is 7.54.